The lowest BCUT2D eigenvalue weighted by atomic mass is 10.1. The van der Waals surface area contributed by atoms with Gasteiger partial charge in [0.15, 0.2) is 0 Å². The van der Waals surface area contributed by atoms with Gasteiger partial charge in [0.25, 0.3) is 0 Å². The van der Waals surface area contributed by atoms with Crippen molar-refractivity contribution in [2.24, 2.45) is 10.7 Å². The van der Waals surface area contributed by atoms with E-state index in [1.165, 1.54) is 9.80 Å². The number of allylic oxidation sites excluding steroid dienone is 1. The van der Waals surface area contributed by atoms with E-state index in [1.54, 1.807) is 38.7 Å². The first-order chi connectivity index (χ1) is 12.0. The highest BCUT2D eigenvalue weighted by atomic mass is 16.6. The summed E-state index contributed by atoms with van der Waals surface area (Å²) in [4.78, 5) is 28.4. The van der Waals surface area contributed by atoms with Crippen molar-refractivity contribution >= 4 is 29.1 Å². The van der Waals surface area contributed by atoms with Crippen molar-refractivity contribution in [3.05, 3.63) is 54.7 Å². The fourth-order valence-corrected chi connectivity index (χ4v) is 2.00. The van der Waals surface area contributed by atoms with Crippen LogP contribution in [0.4, 0.5) is 9.59 Å². The molecular formula is C18H20N4O3. The number of hydrogen-bond donors (Lipinski definition) is 1. The van der Waals surface area contributed by atoms with E-state index in [0.29, 0.717) is 12.4 Å². The molecule has 25 heavy (non-hydrogen) atoms. The Balaban J connectivity index is 0.000000212. The molecule has 3 rings (SSSR count). The molecule has 0 saturated heterocycles. The number of rotatable bonds is 1. The molecule has 2 aromatic rings. The largest absolute Gasteiger partial charge is 0.414 e. The summed E-state index contributed by atoms with van der Waals surface area (Å²) in [7, 11) is 3.32. The number of primary amides is 1. The van der Waals surface area contributed by atoms with E-state index in [0.717, 1.165) is 10.8 Å². The van der Waals surface area contributed by atoms with Crippen molar-refractivity contribution in [1.29, 1.82) is 0 Å². The van der Waals surface area contributed by atoms with Crippen LogP contribution in [-0.2, 0) is 0 Å². The van der Waals surface area contributed by atoms with Gasteiger partial charge in [-0.15, -0.1) is 0 Å². The van der Waals surface area contributed by atoms with Crippen LogP contribution in [-0.4, -0.2) is 48.9 Å². The Hall–Kier alpha value is -3.35. The van der Waals surface area contributed by atoms with E-state index in [1.807, 2.05) is 36.4 Å². The van der Waals surface area contributed by atoms with E-state index < -0.39 is 6.03 Å². The van der Waals surface area contributed by atoms with Gasteiger partial charge in [-0.2, -0.15) is 0 Å². The molecule has 0 saturated carbocycles. The van der Waals surface area contributed by atoms with E-state index in [-0.39, 0.29) is 6.09 Å². The molecule has 0 bridgehead atoms. The molecule has 2 aromatic carbocycles. The maximum Gasteiger partial charge on any atom is 0.414 e. The molecule has 0 spiro atoms. The zero-order valence-corrected chi connectivity index (χ0v) is 14.1. The number of carbonyl (C=O) groups excluding carboxylic acids is 2. The second-order valence-corrected chi connectivity index (χ2v) is 5.36. The summed E-state index contributed by atoms with van der Waals surface area (Å²) in [6.45, 7) is 0.339. The number of fused-ring (bicyclic) bond motifs is 1. The van der Waals surface area contributed by atoms with Crippen molar-refractivity contribution in [2.45, 2.75) is 0 Å². The molecule has 2 N–H and O–H groups in total. The van der Waals surface area contributed by atoms with Gasteiger partial charge < -0.3 is 15.4 Å². The minimum absolute atomic E-state index is 0.339. The number of nitrogens with zero attached hydrogens (tertiary/aromatic N) is 3. The number of amides is 3. The topological polar surface area (TPSA) is 88.2 Å². The second kappa shape index (κ2) is 8.49. The fourth-order valence-electron chi connectivity index (χ4n) is 2.00. The van der Waals surface area contributed by atoms with Gasteiger partial charge in [-0.25, -0.2) is 9.59 Å². The maximum absolute atomic E-state index is 11.5. The first-order valence-electron chi connectivity index (χ1n) is 7.58. The SMILES string of the molecule is CN(C)C(=O)Oc1cccc2ccccc12.NC(=O)N1C=CC=NC1. The number of hydrogen-bond acceptors (Lipinski definition) is 4. The average molecular weight is 340 g/mol. The third kappa shape index (κ3) is 5.07. The van der Waals surface area contributed by atoms with Crippen molar-refractivity contribution in [2.75, 3.05) is 20.8 Å². The Bertz CT molecular complexity index is 810. The average Bonchev–Trinajstić information content (AvgIpc) is 2.63. The predicted molar refractivity (Wildman–Crippen MR) is 97.6 cm³/mol. The fraction of sp³-hybridized carbons (Fsp3) is 0.167. The number of ether oxygens (including phenoxy) is 1. The van der Waals surface area contributed by atoms with Crippen LogP contribution >= 0.6 is 0 Å². The van der Waals surface area contributed by atoms with Crippen LogP contribution in [0.3, 0.4) is 0 Å². The lowest BCUT2D eigenvalue weighted by molar-refractivity contribution is 0.172. The number of aliphatic imine (C=N–C) groups is 1. The summed E-state index contributed by atoms with van der Waals surface area (Å²) in [5.41, 5.74) is 4.93. The lowest BCUT2D eigenvalue weighted by Crippen LogP contribution is -2.32. The van der Waals surface area contributed by atoms with Gasteiger partial charge in [-0.1, -0.05) is 36.4 Å². The van der Waals surface area contributed by atoms with Crippen LogP contribution in [0, 0.1) is 0 Å². The maximum atomic E-state index is 11.5. The zero-order valence-electron chi connectivity index (χ0n) is 14.1. The molecule has 7 heteroatoms. The molecule has 0 unspecified atom stereocenters. The quantitative estimate of drug-likeness (QED) is 0.866. The molecule has 1 heterocycles. The Morgan fingerprint density at radius 2 is 1.88 bits per heavy atom. The number of nitrogens with two attached hydrogens (primary N) is 1. The summed E-state index contributed by atoms with van der Waals surface area (Å²) in [5, 5.41) is 2.01. The summed E-state index contributed by atoms with van der Waals surface area (Å²) in [5.74, 6) is 0.594. The molecule has 0 fully saturated rings. The molecular weight excluding hydrogens is 320 g/mol. The number of urea groups is 1. The van der Waals surface area contributed by atoms with Gasteiger partial charge in [0.1, 0.15) is 12.4 Å². The molecule has 0 radical (unpaired) electrons. The summed E-state index contributed by atoms with van der Waals surface area (Å²) < 4.78 is 5.28. The van der Waals surface area contributed by atoms with Crippen LogP contribution in [0.2, 0.25) is 0 Å². The molecule has 130 valence electrons. The van der Waals surface area contributed by atoms with Crippen LogP contribution in [0.5, 0.6) is 5.75 Å². The Morgan fingerprint density at radius 1 is 1.16 bits per heavy atom. The van der Waals surface area contributed by atoms with Crippen molar-refractivity contribution in [3.63, 3.8) is 0 Å². The monoisotopic (exact) mass is 340 g/mol. The van der Waals surface area contributed by atoms with Crippen molar-refractivity contribution in [1.82, 2.24) is 9.80 Å². The van der Waals surface area contributed by atoms with Crippen LogP contribution in [0.1, 0.15) is 0 Å². The van der Waals surface area contributed by atoms with Crippen LogP contribution < -0.4 is 10.5 Å². The summed E-state index contributed by atoms with van der Waals surface area (Å²) in [6, 6.07) is 13.0. The Labute approximate surface area is 146 Å². The van der Waals surface area contributed by atoms with Gasteiger partial charge in [0, 0.05) is 31.9 Å². The molecule has 0 aliphatic carbocycles. The highest BCUT2D eigenvalue weighted by Gasteiger charge is 2.08. The third-order valence-electron chi connectivity index (χ3n) is 3.29. The highest BCUT2D eigenvalue weighted by Crippen LogP contribution is 2.25. The molecule has 0 aromatic heterocycles. The van der Waals surface area contributed by atoms with Crippen molar-refractivity contribution in [3.8, 4) is 5.75 Å². The van der Waals surface area contributed by atoms with Gasteiger partial charge in [-0.3, -0.25) is 9.89 Å². The molecule has 1 aliphatic heterocycles. The Morgan fingerprint density at radius 3 is 2.48 bits per heavy atom. The van der Waals surface area contributed by atoms with E-state index >= 15 is 0 Å². The molecule has 7 nitrogen and oxygen atoms in total. The zero-order chi connectivity index (χ0) is 18.2. The van der Waals surface area contributed by atoms with E-state index in [9.17, 15) is 9.59 Å². The molecule has 3 amide bonds. The molecule has 0 atom stereocenters. The van der Waals surface area contributed by atoms with Gasteiger partial charge >= 0.3 is 12.1 Å². The summed E-state index contributed by atoms with van der Waals surface area (Å²) in [6.07, 6.45) is 4.51. The first kappa shape index (κ1) is 18.0. The number of carbonyl (C=O) groups is 2. The van der Waals surface area contributed by atoms with Crippen molar-refractivity contribution < 1.29 is 14.3 Å². The van der Waals surface area contributed by atoms with E-state index in [4.69, 9.17) is 10.5 Å². The number of benzene rings is 2. The first-order valence-corrected chi connectivity index (χ1v) is 7.58. The second-order valence-electron chi connectivity index (χ2n) is 5.36. The predicted octanol–water partition coefficient (Wildman–Crippen LogP) is 2.82. The van der Waals surface area contributed by atoms with Crippen LogP contribution in [0.25, 0.3) is 10.8 Å². The minimum atomic E-state index is -0.469. The van der Waals surface area contributed by atoms with E-state index in [2.05, 4.69) is 4.99 Å². The van der Waals surface area contributed by atoms with Gasteiger partial charge in [-0.05, 0) is 17.5 Å². The highest BCUT2D eigenvalue weighted by molar-refractivity contribution is 5.90. The van der Waals surface area contributed by atoms with Crippen LogP contribution in [0.15, 0.2) is 59.7 Å². The standard InChI is InChI=1S/C13H13NO2.C5H7N3O/c1-14(2)13(15)16-12-9-5-7-10-6-3-4-8-11(10)12;6-5(9)8-3-1-2-7-4-8/h3-9H,1-2H3;1-3H,4H2,(H2,6,9). The third-order valence-corrected chi connectivity index (χ3v) is 3.29. The summed E-state index contributed by atoms with van der Waals surface area (Å²) >= 11 is 0. The smallest absolute Gasteiger partial charge is 0.410 e. The van der Waals surface area contributed by atoms with Gasteiger partial charge in [0.2, 0.25) is 0 Å². The van der Waals surface area contributed by atoms with Gasteiger partial charge in [0.05, 0.1) is 0 Å². The Kier molecular flexibility index (Phi) is 6.11. The normalized spacial score (nSPS) is 12.3. The minimum Gasteiger partial charge on any atom is -0.410 e. The lowest BCUT2D eigenvalue weighted by Gasteiger charge is -2.13. The molecule has 1 aliphatic rings.